The van der Waals surface area contributed by atoms with Crippen LogP contribution in [-0.2, 0) is 6.54 Å². The van der Waals surface area contributed by atoms with Gasteiger partial charge in [-0.2, -0.15) is 0 Å². The number of hydrogen-bond acceptors (Lipinski definition) is 2. The molecule has 0 aliphatic heterocycles. The minimum Gasteiger partial charge on any atom is -0.457 e. The van der Waals surface area contributed by atoms with Gasteiger partial charge in [0.05, 0.1) is 0 Å². The molecule has 2 heteroatoms. The Hall–Kier alpha value is -1.80. The molecule has 2 aromatic carbocycles. The van der Waals surface area contributed by atoms with E-state index >= 15 is 0 Å². The summed E-state index contributed by atoms with van der Waals surface area (Å²) in [7, 11) is 0. The number of ether oxygens (including phenoxy) is 1. The summed E-state index contributed by atoms with van der Waals surface area (Å²) >= 11 is 0. The van der Waals surface area contributed by atoms with Crippen LogP contribution in [0.25, 0.3) is 0 Å². The molecule has 2 rings (SSSR count). The molecule has 0 aliphatic rings. The van der Waals surface area contributed by atoms with Crippen molar-refractivity contribution in [2.75, 3.05) is 0 Å². The van der Waals surface area contributed by atoms with Crippen LogP contribution in [0.4, 0.5) is 0 Å². The number of hydrogen-bond donors (Lipinski definition) is 1. The van der Waals surface area contributed by atoms with Crippen molar-refractivity contribution in [3.63, 3.8) is 0 Å². The van der Waals surface area contributed by atoms with Crippen molar-refractivity contribution in [1.29, 1.82) is 0 Å². The topological polar surface area (TPSA) is 35.2 Å². The molecule has 0 fully saturated rings. The molecule has 0 amide bonds. The third-order valence-electron chi connectivity index (χ3n) is 2.72. The van der Waals surface area contributed by atoms with Crippen LogP contribution in [0.15, 0.2) is 42.5 Å². The number of nitrogens with two attached hydrogens (primary N) is 1. The average Bonchev–Trinajstić information content (AvgIpc) is 2.32. The quantitative estimate of drug-likeness (QED) is 0.870. The fourth-order valence-electron chi connectivity index (χ4n) is 1.82. The highest BCUT2D eigenvalue weighted by atomic mass is 16.5. The maximum Gasteiger partial charge on any atom is 0.134 e. The van der Waals surface area contributed by atoms with Gasteiger partial charge in [-0.15, -0.1) is 0 Å². The van der Waals surface area contributed by atoms with Crippen molar-refractivity contribution >= 4 is 0 Å². The minimum atomic E-state index is 0.489. The van der Waals surface area contributed by atoms with Crippen LogP contribution >= 0.6 is 0 Å². The lowest BCUT2D eigenvalue weighted by Crippen LogP contribution is -2.00. The Bertz CT molecular complexity index is 520. The summed E-state index contributed by atoms with van der Waals surface area (Å²) in [6, 6.07) is 14.1. The van der Waals surface area contributed by atoms with E-state index in [0.717, 1.165) is 22.6 Å². The zero-order valence-corrected chi connectivity index (χ0v) is 10.2. The van der Waals surface area contributed by atoms with Gasteiger partial charge in [0.15, 0.2) is 0 Å². The fraction of sp³-hybridized carbons (Fsp3) is 0.200. The highest BCUT2D eigenvalue weighted by Crippen LogP contribution is 2.29. The van der Waals surface area contributed by atoms with E-state index < -0.39 is 0 Å². The number of aryl methyl sites for hydroxylation is 2. The Labute approximate surface area is 102 Å². The molecule has 0 spiro atoms. The molecule has 0 aromatic heterocycles. The van der Waals surface area contributed by atoms with Crippen LogP contribution in [0.5, 0.6) is 11.5 Å². The van der Waals surface area contributed by atoms with Crippen LogP contribution in [0.3, 0.4) is 0 Å². The Balaban J connectivity index is 2.35. The monoisotopic (exact) mass is 227 g/mol. The summed E-state index contributed by atoms with van der Waals surface area (Å²) in [4.78, 5) is 0. The van der Waals surface area contributed by atoms with Gasteiger partial charge in [-0.3, -0.25) is 0 Å². The second-order valence-corrected chi connectivity index (χ2v) is 4.19. The molecule has 0 saturated carbocycles. The zero-order valence-electron chi connectivity index (χ0n) is 10.2. The lowest BCUT2D eigenvalue weighted by molar-refractivity contribution is 0.472. The van der Waals surface area contributed by atoms with Crippen molar-refractivity contribution < 1.29 is 4.74 Å². The Morgan fingerprint density at radius 2 is 1.82 bits per heavy atom. The van der Waals surface area contributed by atoms with E-state index in [2.05, 4.69) is 13.0 Å². The Morgan fingerprint density at radius 1 is 1.06 bits per heavy atom. The standard InChI is InChI=1S/C15H17NO/c1-11-5-3-8-14(9-11)17-15-12(2)6-4-7-13(15)10-16/h3-9H,10,16H2,1-2H3. The fourth-order valence-corrected chi connectivity index (χ4v) is 1.82. The maximum atomic E-state index is 5.93. The summed E-state index contributed by atoms with van der Waals surface area (Å²) in [5, 5.41) is 0. The van der Waals surface area contributed by atoms with Gasteiger partial charge in [0.25, 0.3) is 0 Å². The normalized spacial score (nSPS) is 10.3. The summed E-state index contributed by atoms with van der Waals surface area (Å²) in [5.74, 6) is 1.73. The van der Waals surface area contributed by atoms with E-state index in [1.807, 2.05) is 43.3 Å². The van der Waals surface area contributed by atoms with E-state index in [1.165, 1.54) is 5.56 Å². The van der Waals surface area contributed by atoms with Crippen molar-refractivity contribution in [3.05, 3.63) is 59.2 Å². The molecular weight excluding hydrogens is 210 g/mol. The Kier molecular flexibility index (Phi) is 3.45. The molecule has 88 valence electrons. The van der Waals surface area contributed by atoms with E-state index in [4.69, 9.17) is 10.5 Å². The van der Waals surface area contributed by atoms with Crippen LogP contribution in [0, 0.1) is 13.8 Å². The molecule has 2 aromatic rings. The molecule has 0 unspecified atom stereocenters. The second-order valence-electron chi connectivity index (χ2n) is 4.19. The SMILES string of the molecule is Cc1cccc(Oc2c(C)cccc2CN)c1. The van der Waals surface area contributed by atoms with Crippen molar-refractivity contribution in [3.8, 4) is 11.5 Å². The first-order chi connectivity index (χ1) is 8.20. The van der Waals surface area contributed by atoms with E-state index in [9.17, 15) is 0 Å². The lowest BCUT2D eigenvalue weighted by atomic mass is 10.1. The summed E-state index contributed by atoms with van der Waals surface area (Å²) in [6.45, 7) is 4.57. The summed E-state index contributed by atoms with van der Waals surface area (Å²) < 4.78 is 5.93. The van der Waals surface area contributed by atoms with E-state index in [-0.39, 0.29) is 0 Å². The first kappa shape index (κ1) is 11.7. The lowest BCUT2D eigenvalue weighted by Gasteiger charge is -2.13. The predicted molar refractivity (Wildman–Crippen MR) is 70.3 cm³/mol. The predicted octanol–water partition coefficient (Wildman–Crippen LogP) is 3.55. The van der Waals surface area contributed by atoms with Gasteiger partial charge >= 0.3 is 0 Å². The molecule has 2 N–H and O–H groups in total. The van der Waals surface area contributed by atoms with Crippen LogP contribution in [0.1, 0.15) is 16.7 Å². The van der Waals surface area contributed by atoms with Gasteiger partial charge in [-0.25, -0.2) is 0 Å². The van der Waals surface area contributed by atoms with Gasteiger partial charge in [-0.05, 0) is 37.1 Å². The van der Waals surface area contributed by atoms with E-state index in [0.29, 0.717) is 6.54 Å². The average molecular weight is 227 g/mol. The minimum absolute atomic E-state index is 0.489. The summed E-state index contributed by atoms with van der Waals surface area (Å²) in [5.41, 5.74) is 9.05. The molecule has 0 aliphatic carbocycles. The van der Waals surface area contributed by atoms with Crippen molar-refractivity contribution in [1.82, 2.24) is 0 Å². The molecule has 0 radical (unpaired) electrons. The van der Waals surface area contributed by atoms with Gasteiger partial charge < -0.3 is 10.5 Å². The third kappa shape index (κ3) is 2.66. The molecule has 2 nitrogen and oxygen atoms in total. The first-order valence-corrected chi connectivity index (χ1v) is 5.74. The van der Waals surface area contributed by atoms with Crippen molar-refractivity contribution in [2.45, 2.75) is 20.4 Å². The Morgan fingerprint density at radius 3 is 2.53 bits per heavy atom. The largest absolute Gasteiger partial charge is 0.457 e. The highest BCUT2D eigenvalue weighted by Gasteiger charge is 2.06. The number of benzene rings is 2. The number of rotatable bonds is 3. The second kappa shape index (κ2) is 5.02. The smallest absolute Gasteiger partial charge is 0.134 e. The van der Waals surface area contributed by atoms with Crippen LogP contribution < -0.4 is 10.5 Å². The number of para-hydroxylation sites is 1. The molecule has 0 heterocycles. The van der Waals surface area contributed by atoms with E-state index in [1.54, 1.807) is 0 Å². The molecule has 0 saturated heterocycles. The highest BCUT2D eigenvalue weighted by molar-refractivity contribution is 5.44. The first-order valence-electron chi connectivity index (χ1n) is 5.74. The molecule has 17 heavy (non-hydrogen) atoms. The van der Waals surface area contributed by atoms with Crippen molar-refractivity contribution in [2.24, 2.45) is 5.73 Å². The van der Waals surface area contributed by atoms with Gasteiger partial charge in [-0.1, -0.05) is 30.3 Å². The summed E-state index contributed by atoms with van der Waals surface area (Å²) in [6.07, 6.45) is 0. The van der Waals surface area contributed by atoms with Gasteiger partial charge in [0.2, 0.25) is 0 Å². The molecular formula is C15H17NO. The zero-order chi connectivity index (χ0) is 12.3. The van der Waals surface area contributed by atoms with Crippen LogP contribution in [0.2, 0.25) is 0 Å². The molecule has 0 bridgehead atoms. The van der Waals surface area contributed by atoms with Crippen LogP contribution in [-0.4, -0.2) is 0 Å². The molecule has 0 atom stereocenters. The van der Waals surface area contributed by atoms with Gasteiger partial charge in [0.1, 0.15) is 11.5 Å². The third-order valence-corrected chi connectivity index (χ3v) is 2.72. The maximum absolute atomic E-state index is 5.93. The van der Waals surface area contributed by atoms with Gasteiger partial charge in [0, 0.05) is 12.1 Å².